The monoisotopic (exact) mass is 337 g/mol. The largest absolute Gasteiger partial charge is 0.324 e. The molecule has 1 saturated carbocycles. The first-order valence-corrected chi connectivity index (χ1v) is 7.84. The maximum absolute atomic E-state index is 10.7. The number of nitro benzene ring substituents is 1. The minimum atomic E-state index is -0.440. The van der Waals surface area contributed by atoms with Crippen LogP contribution >= 0.6 is 0 Å². The molecule has 1 fully saturated rings. The van der Waals surface area contributed by atoms with E-state index >= 15 is 0 Å². The summed E-state index contributed by atoms with van der Waals surface area (Å²) in [4.78, 5) is 18.8. The molecule has 2 heterocycles. The molecule has 3 N–H and O–H groups in total. The van der Waals surface area contributed by atoms with Crippen molar-refractivity contribution in [3.05, 3.63) is 58.4 Å². The Morgan fingerprint density at radius 3 is 2.64 bits per heavy atom. The first-order chi connectivity index (χ1) is 12.2. The topological polar surface area (TPSA) is 122 Å². The Bertz CT molecular complexity index is 903. The van der Waals surface area contributed by atoms with Gasteiger partial charge in [-0.2, -0.15) is 10.1 Å². The van der Waals surface area contributed by atoms with Crippen LogP contribution < -0.4 is 10.6 Å². The van der Waals surface area contributed by atoms with Crippen LogP contribution in [0.25, 0.3) is 0 Å². The van der Waals surface area contributed by atoms with Gasteiger partial charge in [0.15, 0.2) is 5.82 Å². The summed E-state index contributed by atoms with van der Waals surface area (Å²) in [5.41, 5.74) is 1.84. The lowest BCUT2D eigenvalue weighted by Crippen LogP contribution is -2.00. The van der Waals surface area contributed by atoms with Crippen molar-refractivity contribution in [2.45, 2.75) is 18.8 Å². The summed E-state index contributed by atoms with van der Waals surface area (Å²) in [5.74, 6) is 2.31. The summed E-state index contributed by atoms with van der Waals surface area (Å²) in [6.07, 6.45) is 4.04. The van der Waals surface area contributed by atoms with E-state index in [4.69, 9.17) is 0 Å². The molecule has 1 aliphatic rings. The summed E-state index contributed by atoms with van der Waals surface area (Å²) in [6, 6.07) is 9.80. The molecule has 0 aliphatic heterocycles. The highest BCUT2D eigenvalue weighted by Crippen LogP contribution is 2.39. The van der Waals surface area contributed by atoms with E-state index in [-0.39, 0.29) is 5.69 Å². The molecule has 0 radical (unpaired) electrons. The molecular formula is C16H15N7O2. The Morgan fingerprint density at radius 1 is 1.12 bits per heavy atom. The average Bonchev–Trinajstić information content (AvgIpc) is 3.36. The molecule has 0 amide bonds. The number of nitrogens with zero attached hydrogens (tertiary/aromatic N) is 4. The van der Waals surface area contributed by atoms with Gasteiger partial charge in [-0.25, -0.2) is 4.98 Å². The molecule has 0 unspecified atom stereocenters. The van der Waals surface area contributed by atoms with Gasteiger partial charge in [-0.1, -0.05) is 0 Å². The van der Waals surface area contributed by atoms with Crippen LogP contribution in [0.4, 0.5) is 29.0 Å². The molecule has 9 heteroatoms. The molecule has 1 aromatic carbocycles. The molecule has 0 atom stereocenters. The van der Waals surface area contributed by atoms with E-state index in [1.165, 1.54) is 25.0 Å². The van der Waals surface area contributed by atoms with Gasteiger partial charge in [0.2, 0.25) is 5.95 Å². The van der Waals surface area contributed by atoms with Crippen molar-refractivity contribution in [2.24, 2.45) is 0 Å². The summed E-state index contributed by atoms with van der Waals surface area (Å²) >= 11 is 0. The zero-order valence-corrected chi connectivity index (χ0v) is 13.1. The standard InChI is InChI=1S/C16H15N7O2/c24-23(25)12-5-3-11(4-6-12)18-16-17-8-7-14(20-16)19-15-9-13(21-22-15)10-1-2-10/h3-10H,1-2H2,(H3,17,18,19,20,21,22). The number of nitro groups is 1. The number of anilines is 4. The van der Waals surface area contributed by atoms with Gasteiger partial charge in [0.1, 0.15) is 5.82 Å². The fraction of sp³-hybridized carbons (Fsp3) is 0.188. The number of aromatic nitrogens is 4. The van der Waals surface area contributed by atoms with Gasteiger partial charge in [-0.3, -0.25) is 15.2 Å². The van der Waals surface area contributed by atoms with Gasteiger partial charge in [-0.15, -0.1) is 0 Å². The SMILES string of the molecule is O=[N+]([O-])c1ccc(Nc2nccc(Nc3cc(C4CC4)[nH]n3)n2)cc1. The maximum Gasteiger partial charge on any atom is 0.269 e. The van der Waals surface area contributed by atoms with Crippen LogP contribution in [0.5, 0.6) is 0 Å². The van der Waals surface area contributed by atoms with E-state index in [1.807, 2.05) is 6.07 Å². The molecule has 4 rings (SSSR count). The van der Waals surface area contributed by atoms with Crippen LogP contribution in [-0.2, 0) is 0 Å². The highest BCUT2D eigenvalue weighted by Gasteiger charge is 2.25. The van der Waals surface area contributed by atoms with Gasteiger partial charge in [-0.05, 0) is 31.0 Å². The molecule has 0 saturated heterocycles. The van der Waals surface area contributed by atoms with Gasteiger partial charge >= 0.3 is 0 Å². The molecule has 126 valence electrons. The van der Waals surface area contributed by atoms with Crippen LogP contribution in [0.1, 0.15) is 24.5 Å². The lowest BCUT2D eigenvalue weighted by atomic mass is 10.3. The fourth-order valence-electron chi connectivity index (χ4n) is 2.42. The fourth-order valence-corrected chi connectivity index (χ4v) is 2.42. The number of rotatable bonds is 6. The van der Waals surface area contributed by atoms with E-state index in [0.29, 0.717) is 29.2 Å². The first-order valence-electron chi connectivity index (χ1n) is 7.84. The van der Waals surface area contributed by atoms with E-state index in [9.17, 15) is 10.1 Å². The quantitative estimate of drug-likeness (QED) is 0.465. The second-order valence-electron chi connectivity index (χ2n) is 5.80. The Hall–Kier alpha value is -3.49. The van der Waals surface area contributed by atoms with Gasteiger partial charge in [0.25, 0.3) is 5.69 Å². The third-order valence-corrected chi connectivity index (χ3v) is 3.86. The molecular weight excluding hydrogens is 322 g/mol. The number of nitrogens with one attached hydrogen (secondary N) is 3. The van der Waals surface area contributed by atoms with Crippen LogP contribution in [0.15, 0.2) is 42.6 Å². The van der Waals surface area contributed by atoms with Crippen molar-refractivity contribution in [1.82, 2.24) is 20.2 Å². The van der Waals surface area contributed by atoms with Crippen LogP contribution in [0.3, 0.4) is 0 Å². The number of aromatic amines is 1. The number of hydrogen-bond acceptors (Lipinski definition) is 7. The van der Waals surface area contributed by atoms with Gasteiger partial charge < -0.3 is 10.6 Å². The molecule has 0 spiro atoms. The van der Waals surface area contributed by atoms with E-state index < -0.39 is 4.92 Å². The van der Waals surface area contributed by atoms with Crippen molar-refractivity contribution in [2.75, 3.05) is 10.6 Å². The van der Waals surface area contributed by atoms with Crippen LogP contribution in [-0.4, -0.2) is 25.1 Å². The Labute approximate surface area is 142 Å². The molecule has 1 aliphatic carbocycles. The zero-order chi connectivity index (χ0) is 17.2. The zero-order valence-electron chi connectivity index (χ0n) is 13.1. The van der Waals surface area contributed by atoms with E-state index in [1.54, 1.807) is 24.4 Å². The van der Waals surface area contributed by atoms with E-state index in [0.717, 1.165) is 5.69 Å². The minimum Gasteiger partial charge on any atom is -0.324 e. The highest BCUT2D eigenvalue weighted by molar-refractivity contribution is 5.58. The maximum atomic E-state index is 10.7. The van der Waals surface area contributed by atoms with Crippen LogP contribution in [0, 0.1) is 10.1 Å². The Balaban J connectivity index is 1.45. The summed E-state index contributed by atoms with van der Waals surface area (Å²) in [5, 5.41) is 24.1. The summed E-state index contributed by atoms with van der Waals surface area (Å²) in [7, 11) is 0. The van der Waals surface area contributed by atoms with Crippen molar-refractivity contribution < 1.29 is 4.92 Å². The van der Waals surface area contributed by atoms with Crippen molar-refractivity contribution in [3.8, 4) is 0 Å². The lowest BCUT2D eigenvalue weighted by Gasteiger charge is -2.06. The predicted octanol–water partition coefficient (Wildman–Crippen LogP) is 3.47. The summed E-state index contributed by atoms with van der Waals surface area (Å²) < 4.78 is 0. The van der Waals surface area contributed by atoms with Crippen molar-refractivity contribution >= 4 is 29.0 Å². The minimum absolute atomic E-state index is 0.0342. The third-order valence-electron chi connectivity index (χ3n) is 3.86. The third kappa shape index (κ3) is 3.55. The normalized spacial score (nSPS) is 13.4. The van der Waals surface area contributed by atoms with E-state index in [2.05, 4.69) is 30.8 Å². The lowest BCUT2D eigenvalue weighted by molar-refractivity contribution is -0.384. The smallest absolute Gasteiger partial charge is 0.269 e. The second kappa shape index (κ2) is 6.19. The highest BCUT2D eigenvalue weighted by atomic mass is 16.6. The van der Waals surface area contributed by atoms with Gasteiger partial charge in [0.05, 0.1) is 4.92 Å². The number of H-pyrrole nitrogens is 1. The predicted molar refractivity (Wildman–Crippen MR) is 92.3 cm³/mol. The average molecular weight is 337 g/mol. The molecule has 3 aromatic rings. The molecule has 2 aromatic heterocycles. The summed E-state index contributed by atoms with van der Waals surface area (Å²) in [6.45, 7) is 0. The molecule has 9 nitrogen and oxygen atoms in total. The Kier molecular flexibility index (Phi) is 3.73. The van der Waals surface area contributed by atoms with Crippen LogP contribution in [0.2, 0.25) is 0 Å². The Morgan fingerprint density at radius 2 is 1.92 bits per heavy atom. The molecule has 25 heavy (non-hydrogen) atoms. The van der Waals surface area contributed by atoms with Crippen molar-refractivity contribution in [3.63, 3.8) is 0 Å². The van der Waals surface area contributed by atoms with Gasteiger partial charge in [0, 0.05) is 41.7 Å². The number of hydrogen-bond donors (Lipinski definition) is 3. The number of non-ortho nitro benzene ring substituents is 1. The second-order valence-corrected chi connectivity index (χ2v) is 5.80. The molecule has 0 bridgehead atoms. The first kappa shape index (κ1) is 15.1. The number of benzene rings is 1. The van der Waals surface area contributed by atoms with Crippen molar-refractivity contribution in [1.29, 1.82) is 0 Å².